The van der Waals surface area contributed by atoms with E-state index < -0.39 is 0 Å². The molecule has 35 heavy (non-hydrogen) atoms. The fourth-order valence-electron chi connectivity index (χ4n) is 3.91. The molecule has 5 rings (SSSR count). The lowest BCUT2D eigenvalue weighted by Crippen LogP contribution is -2.24. The number of aryl methyl sites for hydroxylation is 1. The predicted molar refractivity (Wildman–Crippen MR) is 144 cm³/mol. The van der Waals surface area contributed by atoms with Crippen LogP contribution in [0.2, 0.25) is 0 Å². The highest BCUT2D eigenvalue weighted by Gasteiger charge is 2.17. The fraction of sp³-hybridized carbons (Fsp3) is 0.148. The van der Waals surface area contributed by atoms with E-state index in [1.54, 1.807) is 23.8 Å². The standard InChI is InChI=1S/C27H23N3O3S2/c1-33-21-13-7-6-12-20(21)28-23(31)17-34-27-29-24-19-11-5-8-14-22(19)35-25(24)26(32)30(27)16-15-18-9-3-2-4-10-18/h2-14H,15-17H2,1H3,(H,28,31). The van der Waals surface area contributed by atoms with Gasteiger partial charge in [0.1, 0.15) is 10.4 Å². The molecule has 1 amide bonds. The van der Waals surface area contributed by atoms with Gasteiger partial charge in [-0.3, -0.25) is 14.2 Å². The quantitative estimate of drug-likeness (QED) is 0.222. The third-order valence-electron chi connectivity index (χ3n) is 5.63. The fourth-order valence-corrected chi connectivity index (χ4v) is 5.82. The van der Waals surface area contributed by atoms with Crippen molar-refractivity contribution in [3.8, 4) is 5.75 Å². The molecule has 0 fully saturated rings. The van der Waals surface area contributed by atoms with Gasteiger partial charge in [-0.15, -0.1) is 11.3 Å². The first-order chi connectivity index (χ1) is 17.1. The maximum Gasteiger partial charge on any atom is 0.272 e. The zero-order chi connectivity index (χ0) is 24.2. The Labute approximate surface area is 210 Å². The van der Waals surface area contributed by atoms with Gasteiger partial charge in [0.25, 0.3) is 5.56 Å². The molecule has 6 nitrogen and oxygen atoms in total. The summed E-state index contributed by atoms with van der Waals surface area (Å²) >= 11 is 2.73. The molecule has 8 heteroatoms. The number of ether oxygens (including phenoxy) is 1. The number of para-hydroxylation sites is 2. The smallest absolute Gasteiger partial charge is 0.272 e. The number of fused-ring (bicyclic) bond motifs is 3. The number of hydrogen-bond acceptors (Lipinski definition) is 6. The van der Waals surface area contributed by atoms with Crippen molar-refractivity contribution < 1.29 is 9.53 Å². The summed E-state index contributed by atoms with van der Waals surface area (Å²) < 4.78 is 8.69. The van der Waals surface area contributed by atoms with Crippen LogP contribution < -0.4 is 15.6 Å². The van der Waals surface area contributed by atoms with E-state index in [0.29, 0.717) is 39.8 Å². The van der Waals surface area contributed by atoms with Crippen LogP contribution in [-0.2, 0) is 17.8 Å². The van der Waals surface area contributed by atoms with E-state index in [1.165, 1.54) is 23.1 Å². The number of methoxy groups -OCH3 is 1. The summed E-state index contributed by atoms with van der Waals surface area (Å²) in [5.74, 6) is 0.511. The summed E-state index contributed by atoms with van der Waals surface area (Å²) in [5, 5.41) is 4.39. The second-order valence-electron chi connectivity index (χ2n) is 7.90. The Bertz CT molecular complexity index is 1560. The van der Waals surface area contributed by atoms with Crippen LogP contribution >= 0.6 is 23.1 Å². The third-order valence-corrected chi connectivity index (χ3v) is 7.75. The van der Waals surface area contributed by atoms with Gasteiger partial charge in [-0.25, -0.2) is 4.98 Å². The number of amides is 1. The first-order valence-corrected chi connectivity index (χ1v) is 13.0. The molecule has 0 atom stereocenters. The Balaban J connectivity index is 1.46. The Morgan fingerprint density at radius 1 is 1.03 bits per heavy atom. The molecule has 1 N–H and O–H groups in total. The van der Waals surface area contributed by atoms with Crippen molar-refractivity contribution in [1.29, 1.82) is 0 Å². The highest BCUT2D eigenvalue weighted by molar-refractivity contribution is 7.99. The minimum absolute atomic E-state index is 0.0697. The molecule has 0 spiro atoms. The van der Waals surface area contributed by atoms with E-state index >= 15 is 0 Å². The lowest BCUT2D eigenvalue weighted by atomic mass is 10.1. The van der Waals surface area contributed by atoms with Gasteiger partial charge < -0.3 is 10.1 Å². The van der Waals surface area contributed by atoms with Crippen molar-refractivity contribution >= 4 is 55.0 Å². The summed E-state index contributed by atoms with van der Waals surface area (Å²) in [6, 6.07) is 25.2. The Hall–Kier alpha value is -3.62. The van der Waals surface area contributed by atoms with Crippen molar-refractivity contribution in [2.75, 3.05) is 18.2 Å². The van der Waals surface area contributed by atoms with Crippen LogP contribution in [0.4, 0.5) is 5.69 Å². The maximum absolute atomic E-state index is 13.6. The number of thioether (sulfide) groups is 1. The molecule has 0 unspecified atom stereocenters. The van der Waals surface area contributed by atoms with Crippen molar-refractivity contribution in [1.82, 2.24) is 9.55 Å². The molecule has 176 valence electrons. The number of nitrogens with zero attached hydrogens (tertiary/aromatic N) is 2. The molecule has 5 aromatic rings. The van der Waals surface area contributed by atoms with Crippen LogP contribution in [-0.4, -0.2) is 28.3 Å². The number of aromatic nitrogens is 2. The van der Waals surface area contributed by atoms with Crippen LogP contribution in [0.1, 0.15) is 5.56 Å². The van der Waals surface area contributed by atoms with E-state index in [1.807, 2.05) is 66.7 Å². The summed E-state index contributed by atoms with van der Waals surface area (Å²) in [6.45, 7) is 0.483. The highest BCUT2D eigenvalue weighted by atomic mass is 32.2. The number of rotatable bonds is 8. The Morgan fingerprint density at radius 3 is 2.60 bits per heavy atom. The van der Waals surface area contributed by atoms with Crippen LogP contribution in [0.3, 0.4) is 0 Å². The lowest BCUT2D eigenvalue weighted by molar-refractivity contribution is -0.113. The number of anilines is 1. The van der Waals surface area contributed by atoms with E-state index in [9.17, 15) is 9.59 Å². The molecule has 2 aromatic heterocycles. The second kappa shape index (κ2) is 10.3. The van der Waals surface area contributed by atoms with Gasteiger partial charge in [0.05, 0.1) is 24.1 Å². The van der Waals surface area contributed by atoms with E-state index in [-0.39, 0.29) is 17.2 Å². The van der Waals surface area contributed by atoms with Gasteiger partial charge in [0, 0.05) is 16.6 Å². The number of benzene rings is 3. The average Bonchev–Trinajstić information content (AvgIpc) is 3.27. The molecule has 2 heterocycles. The number of thiophene rings is 1. The maximum atomic E-state index is 13.6. The van der Waals surface area contributed by atoms with Gasteiger partial charge in [-0.05, 0) is 30.2 Å². The van der Waals surface area contributed by atoms with Gasteiger partial charge in [-0.2, -0.15) is 0 Å². The van der Waals surface area contributed by atoms with Crippen LogP contribution in [0.25, 0.3) is 20.3 Å². The number of carbonyl (C=O) groups excluding carboxylic acids is 1. The summed E-state index contributed by atoms with van der Waals surface area (Å²) in [7, 11) is 1.56. The van der Waals surface area contributed by atoms with Crippen LogP contribution in [0, 0.1) is 0 Å². The molecule has 3 aromatic carbocycles. The zero-order valence-electron chi connectivity index (χ0n) is 19.1. The predicted octanol–water partition coefficient (Wildman–Crippen LogP) is 5.59. The molecule has 0 aliphatic rings. The molecular weight excluding hydrogens is 478 g/mol. The Kier molecular flexibility index (Phi) is 6.83. The molecule has 0 bridgehead atoms. The van der Waals surface area contributed by atoms with E-state index in [2.05, 4.69) is 5.32 Å². The minimum atomic E-state index is -0.196. The minimum Gasteiger partial charge on any atom is -0.495 e. The normalized spacial score (nSPS) is 11.1. The van der Waals surface area contributed by atoms with Crippen LogP contribution in [0.5, 0.6) is 5.75 Å². The van der Waals surface area contributed by atoms with Crippen molar-refractivity contribution in [3.63, 3.8) is 0 Å². The molecular formula is C27H23N3O3S2. The number of nitrogens with one attached hydrogen (secondary N) is 1. The largest absolute Gasteiger partial charge is 0.495 e. The van der Waals surface area contributed by atoms with Gasteiger partial charge >= 0.3 is 0 Å². The SMILES string of the molecule is COc1ccccc1NC(=O)CSc1nc2c(sc3ccccc32)c(=O)n1CCc1ccccc1. The van der Waals surface area contributed by atoms with Gasteiger partial charge in [0.2, 0.25) is 5.91 Å². The zero-order valence-corrected chi connectivity index (χ0v) is 20.7. The Morgan fingerprint density at radius 2 is 1.77 bits per heavy atom. The molecule has 0 saturated carbocycles. The molecule has 0 aliphatic heterocycles. The van der Waals surface area contributed by atoms with E-state index in [0.717, 1.165) is 15.6 Å². The summed E-state index contributed by atoms with van der Waals surface area (Å²) in [5.41, 5.74) is 2.37. The summed E-state index contributed by atoms with van der Waals surface area (Å²) in [4.78, 5) is 31.2. The highest BCUT2D eigenvalue weighted by Crippen LogP contribution is 2.32. The topological polar surface area (TPSA) is 73.2 Å². The molecule has 0 aliphatic carbocycles. The van der Waals surface area contributed by atoms with E-state index in [4.69, 9.17) is 9.72 Å². The average molecular weight is 502 g/mol. The van der Waals surface area contributed by atoms with Crippen LogP contribution in [0.15, 0.2) is 88.8 Å². The van der Waals surface area contributed by atoms with Crippen molar-refractivity contribution in [3.05, 3.63) is 94.8 Å². The molecule has 0 radical (unpaired) electrons. The number of carbonyl (C=O) groups is 1. The monoisotopic (exact) mass is 501 g/mol. The lowest BCUT2D eigenvalue weighted by Gasteiger charge is -2.13. The molecule has 0 saturated heterocycles. The first-order valence-electron chi connectivity index (χ1n) is 11.2. The van der Waals surface area contributed by atoms with Gasteiger partial charge in [0.15, 0.2) is 5.16 Å². The third kappa shape index (κ3) is 4.94. The van der Waals surface area contributed by atoms with Crippen molar-refractivity contribution in [2.45, 2.75) is 18.1 Å². The van der Waals surface area contributed by atoms with Crippen molar-refractivity contribution in [2.24, 2.45) is 0 Å². The number of hydrogen-bond donors (Lipinski definition) is 1. The summed E-state index contributed by atoms with van der Waals surface area (Å²) in [6.07, 6.45) is 0.694. The first kappa shape index (κ1) is 23.1. The van der Waals surface area contributed by atoms with Gasteiger partial charge in [-0.1, -0.05) is 72.4 Å². The second-order valence-corrected chi connectivity index (χ2v) is 9.89.